The van der Waals surface area contributed by atoms with E-state index in [-0.39, 0.29) is 5.95 Å². The summed E-state index contributed by atoms with van der Waals surface area (Å²) in [5, 5.41) is 11.3. The average Bonchev–Trinajstić information content (AvgIpc) is 2.60. The molecule has 0 spiro atoms. The second-order valence-electron chi connectivity index (χ2n) is 5.24. The van der Waals surface area contributed by atoms with Crippen molar-refractivity contribution in [1.29, 1.82) is 0 Å². The smallest absolute Gasteiger partial charge is 0.326 e. The Hall–Kier alpha value is -2.48. The number of hydrogen-bond acceptors (Lipinski definition) is 1. The van der Waals surface area contributed by atoms with Crippen LogP contribution in [0.5, 0.6) is 0 Å². The van der Waals surface area contributed by atoms with E-state index in [0.717, 1.165) is 19.3 Å². The first-order valence-corrected chi connectivity index (χ1v) is 8.12. The molecule has 0 N–H and O–H groups in total. The van der Waals surface area contributed by atoms with E-state index in [1.165, 1.54) is 16.7 Å². The predicted molar refractivity (Wildman–Crippen MR) is 94.2 cm³/mol. The van der Waals surface area contributed by atoms with E-state index in [2.05, 4.69) is 54.6 Å². The van der Waals surface area contributed by atoms with Gasteiger partial charge in [0.15, 0.2) is 0 Å². The first-order valence-electron chi connectivity index (χ1n) is 8.12. The minimum absolute atomic E-state index is 0.220. The second kappa shape index (κ2) is 9.52. The zero-order valence-electron chi connectivity index (χ0n) is 13.6. The first-order chi connectivity index (χ1) is 11.3. The number of benzene rings is 2. The van der Waals surface area contributed by atoms with E-state index in [9.17, 15) is 5.11 Å². The molecule has 119 valence electrons. The maximum absolute atomic E-state index is 11.3. The van der Waals surface area contributed by atoms with Crippen molar-refractivity contribution in [3.8, 4) is 0 Å². The lowest BCUT2D eigenvalue weighted by atomic mass is 9.96. The monoisotopic (exact) mass is 307 g/mol. The van der Waals surface area contributed by atoms with Gasteiger partial charge in [0.1, 0.15) is 0 Å². The summed E-state index contributed by atoms with van der Waals surface area (Å²) in [6.45, 7) is 2.25. The van der Waals surface area contributed by atoms with Crippen molar-refractivity contribution in [3.63, 3.8) is 0 Å². The van der Waals surface area contributed by atoms with Gasteiger partial charge in [0.05, 0.1) is 6.61 Å². The lowest BCUT2D eigenvalue weighted by molar-refractivity contribution is 0.0586. The van der Waals surface area contributed by atoms with Crippen LogP contribution in [-0.4, -0.2) is 6.61 Å². The van der Waals surface area contributed by atoms with Crippen LogP contribution in [0.15, 0.2) is 78.8 Å². The SMILES string of the molecule is CCOC([O])=CCCCC=C(c1ccccc1)c1ccccc1. The van der Waals surface area contributed by atoms with E-state index in [4.69, 9.17) is 4.74 Å². The summed E-state index contributed by atoms with van der Waals surface area (Å²) in [4.78, 5) is 0. The van der Waals surface area contributed by atoms with Gasteiger partial charge in [-0.25, -0.2) is 5.11 Å². The molecule has 0 aliphatic carbocycles. The molecule has 0 saturated heterocycles. The average molecular weight is 307 g/mol. The van der Waals surface area contributed by atoms with Crippen LogP contribution >= 0.6 is 0 Å². The Bertz CT molecular complexity index is 586. The zero-order valence-corrected chi connectivity index (χ0v) is 13.6. The number of rotatable bonds is 8. The van der Waals surface area contributed by atoms with Gasteiger partial charge in [-0.05, 0) is 42.9 Å². The Morgan fingerprint density at radius 3 is 1.91 bits per heavy atom. The Morgan fingerprint density at radius 2 is 1.39 bits per heavy atom. The molecule has 2 heteroatoms. The quantitative estimate of drug-likeness (QED) is 0.461. The fourth-order valence-corrected chi connectivity index (χ4v) is 2.42. The lowest BCUT2D eigenvalue weighted by Gasteiger charge is -2.08. The minimum atomic E-state index is -0.220. The molecule has 0 aromatic heterocycles. The van der Waals surface area contributed by atoms with Crippen LogP contribution in [-0.2, 0) is 9.84 Å². The summed E-state index contributed by atoms with van der Waals surface area (Å²) in [7, 11) is 0. The third kappa shape index (κ3) is 5.67. The topological polar surface area (TPSA) is 29.1 Å². The summed E-state index contributed by atoms with van der Waals surface area (Å²) in [5.41, 5.74) is 3.67. The van der Waals surface area contributed by atoms with Crippen LogP contribution in [0.3, 0.4) is 0 Å². The van der Waals surface area contributed by atoms with Crippen molar-refractivity contribution in [2.75, 3.05) is 6.61 Å². The van der Waals surface area contributed by atoms with Gasteiger partial charge in [0, 0.05) is 6.08 Å². The summed E-state index contributed by atoms with van der Waals surface area (Å²) in [6, 6.07) is 20.8. The Balaban J connectivity index is 2.05. The molecule has 0 fully saturated rings. The van der Waals surface area contributed by atoms with Crippen molar-refractivity contribution < 1.29 is 9.84 Å². The molecule has 2 aromatic carbocycles. The summed E-state index contributed by atoms with van der Waals surface area (Å²) in [5.74, 6) is -0.220. The third-order valence-electron chi connectivity index (χ3n) is 3.52. The fraction of sp³-hybridized carbons (Fsp3) is 0.238. The van der Waals surface area contributed by atoms with Gasteiger partial charge in [-0.1, -0.05) is 66.7 Å². The van der Waals surface area contributed by atoms with Crippen molar-refractivity contribution >= 4 is 5.57 Å². The van der Waals surface area contributed by atoms with Crippen LogP contribution in [0.1, 0.15) is 37.3 Å². The molecular formula is C21H23O2. The second-order valence-corrected chi connectivity index (χ2v) is 5.24. The molecular weight excluding hydrogens is 284 g/mol. The minimum Gasteiger partial charge on any atom is -0.463 e. The number of hydrogen-bond donors (Lipinski definition) is 0. The highest BCUT2D eigenvalue weighted by Crippen LogP contribution is 2.24. The molecule has 0 saturated carbocycles. The number of allylic oxidation sites excluding steroid dienone is 2. The van der Waals surface area contributed by atoms with Gasteiger partial charge in [-0.2, -0.15) is 0 Å². The normalized spacial score (nSPS) is 11.1. The van der Waals surface area contributed by atoms with Crippen molar-refractivity contribution in [1.82, 2.24) is 0 Å². The summed E-state index contributed by atoms with van der Waals surface area (Å²) in [6.07, 6.45) is 6.48. The predicted octanol–water partition coefficient (Wildman–Crippen LogP) is 5.60. The third-order valence-corrected chi connectivity index (χ3v) is 3.52. The van der Waals surface area contributed by atoms with E-state index in [0.29, 0.717) is 6.61 Å². The molecule has 0 amide bonds. The largest absolute Gasteiger partial charge is 0.463 e. The van der Waals surface area contributed by atoms with Gasteiger partial charge in [0.25, 0.3) is 0 Å². The highest BCUT2D eigenvalue weighted by atomic mass is 16.6. The molecule has 2 rings (SSSR count). The van der Waals surface area contributed by atoms with Gasteiger partial charge in [-0.3, -0.25) is 0 Å². The van der Waals surface area contributed by atoms with Crippen molar-refractivity contribution in [2.24, 2.45) is 0 Å². The van der Waals surface area contributed by atoms with E-state index < -0.39 is 0 Å². The van der Waals surface area contributed by atoms with E-state index in [1.807, 2.05) is 19.1 Å². The number of ether oxygens (including phenoxy) is 1. The van der Waals surface area contributed by atoms with Gasteiger partial charge >= 0.3 is 5.95 Å². The highest BCUT2D eigenvalue weighted by Gasteiger charge is 2.03. The fourth-order valence-electron chi connectivity index (χ4n) is 2.42. The van der Waals surface area contributed by atoms with Crippen LogP contribution in [0.4, 0.5) is 0 Å². The van der Waals surface area contributed by atoms with Crippen LogP contribution < -0.4 is 0 Å². The van der Waals surface area contributed by atoms with Gasteiger partial charge in [-0.15, -0.1) is 0 Å². The summed E-state index contributed by atoms with van der Waals surface area (Å²) >= 11 is 0. The Kier molecular flexibility index (Phi) is 6.99. The van der Waals surface area contributed by atoms with E-state index >= 15 is 0 Å². The van der Waals surface area contributed by atoms with E-state index in [1.54, 1.807) is 6.08 Å². The molecule has 0 aliphatic rings. The molecule has 1 radical (unpaired) electrons. The van der Waals surface area contributed by atoms with Crippen LogP contribution in [0.2, 0.25) is 0 Å². The molecule has 0 aliphatic heterocycles. The molecule has 0 heterocycles. The van der Waals surface area contributed by atoms with Gasteiger partial charge in [0.2, 0.25) is 0 Å². The van der Waals surface area contributed by atoms with Gasteiger partial charge < -0.3 is 4.74 Å². The van der Waals surface area contributed by atoms with Crippen LogP contribution in [0.25, 0.3) is 5.57 Å². The molecule has 0 bridgehead atoms. The first kappa shape index (κ1) is 16.9. The molecule has 23 heavy (non-hydrogen) atoms. The maximum Gasteiger partial charge on any atom is 0.326 e. The molecule has 0 atom stereocenters. The zero-order chi connectivity index (χ0) is 16.3. The van der Waals surface area contributed by atoms with Crippen molar-refractivity contribution in [3.05, 3.63) is 89.9 Å². The molecule has 0 unspecified atom stereocenters. The van der Waals surface area contributed by atoms with Crippen molar-refractivity contribution in [2.45, 2.75) is 26.2 Å². The Labute approximate surface area is 138 Å². The highest BCUT2D eigenvalue weighted by molar-refractivity contribution is 5.79. The maximum atomic E-state index is 11.3. The molecule has 2 aromatic rings. The standard InChI is InChI=1S/C21H23O2/c1-2-23-21(22)17-11-5-10-16-20(18-12-6-3-7-13-18)19-14-8-4-9-15-19/h3-4,6-9,12-17H,2,5,10-11H2,1H3. The summed E-state index contributed by atoms with van der Waals surface area (Å²) < 4.78 is 4.90. The number of unbranched alkanes of at least 4 members (excludes halogenated alkanes) is 2. The molecule has 2 nitrogen and oxygen atoms in total. The Morgan fingerprint density at radius 1 is 0.870 bits per heavy atom. The lowest BCUT2D eigenvalue weighted by Crippen LogP contribution is -1.89. The van der Waals surface area contributed by atoms with Crippen LogP contribution in [0, 0.1) is 0 Å².